The van der Waals surface area contributed by atoms with Crippen LogP contribution in [0.25, 0.3) is 0 Å². The monoisotopic (exact) mass is 462 g/mol. The van der Waals surface area contributed by atoms with Gasteiger partial charge in [-0.3, -0.25) is 9.59 Å². The first-order valence-corrected chi connectivity index (χ1v) is 11.4. The Labute approximate surface area is 196 Å². The van der Waals surface area contributed by atoms with Gasteiger partial charge in [0.05, 0.1) is 17.3 Å². The first-order valence-electron chi connectivity index (χ1n) is 11.4. The smallest absolute Gasteiger partial charge is 0.463 e. The third-order valence-corrected chi connectivity index (χ3v) is 6.92. The van der Waals surface area contributed by atoms with E-state index in [0.717, 1.165) is 5.46 Å². The van der Waals surface area contributed by atoms with Crippen molar-refractivity contribution in [1.82, 2.24) is 0 Å². The maximum atomic E-state index is 11.7. The van der Waals surface area contributed by atoms with Gasteiger partial charge in [-0.1, -0.05) is 26.0 Å². The second-order valence-corrected chi connectivity index (χ2v) is 9.91. The van der Waals surface area contributed by atoms with E-state index >= 15 is 0 Å². The third-order valence-electron chi connectivity index (χ3n) is 6.92. The van der Waals surface area contributed by atoms with Crippen molar-refractivity contribution in [3.8, 4) is 5.75 Å². The highest BCUT2D eigenvalue weighted by atomic mass is 16.7. The molecule has 0 spiro atoms. The van der Waals surface area contributed by atoms with E-state index in [0.29, 0.717) is 5.75 Å². The molecule has 33 heavy (non-hydrogen) atoms. The Hall–Kier alpha value is -2.10. The van der Waals surface area contributed by atoms with Gasteiger partial charge in [0, 0.05) is 19.8 Å². The molecule has 5 unspecified atom stereocenters. The van der Waals surface area contributed by atoms with Gasteiger partial charge in [0.2, 0.25) is 6.29 Å². The lowest BCUT2D eigenvalue weighted by Crippen LogP contribution is -2.54. The van der Waals surface area contributed by atoms with Gasteiger partial charge >= 0.3 is 19.1 Å². The van der Waals surface area contributed by atoms with Crippen molar-refractivity contribution in [2.75, 3.05) is 6.61 Å². The standard InChI is InChI=1S/C24H35BO8/c1-14-15(2)21(29-17(4)27)22(31-20(14)13-28-16(3)26)30-19-11-9-18(10-12-19)25-32-23(5,6)24(7,8)33-25/h9-12,14-15,20-22H,13H2,1-8H3. The summed E-state index contributed by atoms with van der Waals surface area (Å²) in [4.78, 5) is 23.0. The Kier molecular flexibility index (Phi) is 7.46. The normalized spacial score (nSPS) is 30.5. The number of carbonyl (C=O) groups excluding carboxylic acids is 2. The lowest BCUT2D eigenvalue weighted by molar-refractivity contribution is -0.253. The average molecular weight is 462 g/mol. The van der Waals surface area contributed by atoms with Crippen molar-refractivity contribution >= 4 is 24.5 Å². The highest BCUT2D eigenvalue weighted by Crippen LogP contribution is 2.37. The van der Waals surface area contributed by atoms with Crippen LogP contribution in [0.1, 0.15) is 55.4 Å². The van der Waals surface area contributed by atoms with E-state index in [1.165, 1.54) is 13.8 Å². The van der Waals surface area contributed by atoms with E-state index in [9.17, 15) is 9.59 Å². The van der Waals surface area contributed by atoms with Crippen molar-refractivity contribution < 1.29 is 37.8 Å². The number of ether oxygens (including phenoxy) is 4. The summed E-state index contributed by atoms with van der Waals surface area (Å²) in [5.41, 5.74) is 0.0185. The Morgan fingerprint density at radius 2 is 1.52 bits per heavy atom. The fourth-order valence-electron chi connectivity index (χ4n) is 3.92. The number of carbonyl (C=O) groups is 2. The summed E-state index contributed by atoms with van der Waals surface area (Å²) in [6.45, 7) is 14.8. The SMILES string of the molecule is CC(=O)OCC1OC(Oc2ccc(B3OC(C)(C)C(C)(C)O3)cc2)C(OC(C)=O)C(C)C1C. The zero-order valence-electron chi connectivity index (χ0n) is 20.7. The van der Waals surface area contributed by atoms with Gasteiger partial charge in [-0.15, -0.1) is 0 Å². The highest BCUT2D eigenvalue weighted by molar-refractivity contribution is 6.62. The number of hydrogen-bond acceptors (Lipinski definition) is 8. The number of rotatable bonds is 6. The molecule has 2 fully saturated rings. The molecule has 1 aromatic carbocycles. The zero-order valence-corrected chi connectivity index (χ0v) is 20.7. The maximum absolute atomic E-state index is 11.7. The van der Waals surface area contributed by atoms with Crippen molar-refractivity contribution in [1.29, 1.82) is 0 Å². The van der Waals surface area contributed by atoms with Gasteiger partial charge in [0.1, 0.15) is 12.4 Å². The second-order valence-electron chi connectivity index (χ2n) is 9.91. The van der Waals surface area contributed by atoms with Gasteiger partial charge < -0.3 is 28.3 Å². The summed E-state index contributed by atoms with van der Waals surface area (Å²) in [7, 11) is -0.474. The molecule has 0 aromatic heterocycles. The Morgan fingerprint density at radius 3 is 2.03 bits per heavy atom. The molecule has 0 N–H and O–H groups in total. The number of hydrogen-bond donors (Lipinski definition) is 0. The topological polar surface area (TPSA) is 89.5 Å². The van der Waals surface area contributed by atoms with Crippen LogP contribution in [-0.2, 0) is 33.1 Å². The minimum absolute atomic E-state index is 0.0145. The minimum Gasteiger partial charge on any atom is -0.463 e. The fourth-order valence-corrected chi connectivity index (χ4v) is 3.92. The molecule has 0 bridgehead atoms. The van der Waals surface area contributed by atoms with Crippen molar-refractivity contribution in [3.63, 3.8) is 0 Å². The van der Waals surface area contributed by atoms with E-state index < -0.39 is 36.7 Å². The van der Waals surface area contributed by atoms with Crippen molar-refractivity contribution in [2.45, 2.75) is 85.1 Å². The molecule has 8 nitrogen and oxygen atoms in total. The third kappa shape index (κ3) is 5.70. The van der Waals surface area contributed by atoms with Gasteiger partial charge in [0.15, 0.2) is 6.10 Å². The molecular weight excluding hydrogens is 427 g/mol. The molecule has 0 amide bonds. The quantitative estimate of drug-likeness (QED) is 0.471. The number of esters is 2. The zero-order chi connectivity index (χ0) is 24.6. The molecule has 2 heterocycles. The molecule has 182 valence electrons. The van der Waals surface area contributed by atoms with E-state index in [1.807, 2.05) is 53.7 Å². The van der Waals surface area contributed by atoms with Crippen LogP contribution in [-0.4, -0.2) is 55.4 Å². The van der Waals surface area contributed by atoms with Crippen molar-refractivity contribution in [2.24, 2.45) is 11.8 Å². The first-order chi connectivity index (χ1) is 15.3. The van der Waals surface area contributed by atoms with Crippen LogP contribution in [0, 0.1) is 11.8 Å². The lowest BCUT2D eigenvalue weighted by Gasteiger charge is -2.43. The predicted molar refractivity (Wildman–Crippen MR) is 122 cm³/mol. The molecule has 0 radical (unpaired) electrons. The van der Waals surface area contributed by atoms with Gasteiger partial charge in [-0.2, -0.15) is 0 Å². The molecular formula is C24H35BO8. The largest absolute Gasteiger partial charge is 0.494 e. The summed E-state index contributed by atoms with van der Waals surface area (Å²) >= 11 is 0. The van der Waals surface area contributed by atoms with Crippen LogP contribution in [0.4, 0.5) is 0 Å². The summed E-state index contributed by atoms with van der Waals surface area (Å²) in [6.07, 6.45) is -1.83. The van der Waals surface area contributed by atoms with E-state index in [-0.39, 0.29) is 30.5 Å². The molecule has 2 saturated heterocycles. The fraction of sp³-hybridized carbons (Fsp3) is 0.667. The van der Waals surface area contributed by atoms with Crippen LogP contribution in [0.3, 0.4) is 0 Å². The van der Waals surface area contributed by atoms with Crippen LogP contribution in [0.15, 0.2) is 24.3 Å². The maximum Gasteiger partial charge on any atom is 0.494 e. The van der Waals surface area contributed by atoms with Crippen LogP contribution in [0.2, 0.25) is 0 Å². The Balaban J connectivity index is 1.74. The molecule has 3 rings (SSSR count). The van der Waals surface area contributed by atoms with Crippen LogP contribution < -0.4 is 10.2 Å². The second kappa shape index (κ2) is 9.64. The molecule has 5 atom stereocenters. The van der Waals surface area contributed by atoms with Gasteiger partial charge in [-0.25, -0.2) is 0 Å². The summed E-state index contributed by atoms with van der Waals surface area (Å²) < 4.78 is 35.1. The summed E-state index contributed by atoms with van der Waals surface area (Å²) in [5.74, 6) is -0.330. The first kappa shape index (κ1) is 25.5. The highest BCUT2D eigenvalue weighted by Gasteiger charge is 2.51. The summed E-state index contributed by atoms with van der Waals surface area (Å²) in [6, 6.07) is 7.36. The molecule has 0 saturated carbocycles. The van der Waals surface area contributed by atoms with Crippen LogP contribution >= 0.6 is 0 Å². The number of benzene rings is 1. The minimum atomic E-state index is -0.844. The molecule has 0 aliphatic carbocycles. The van der Waals surface area contributed by atoms with Crippen LogP contribution in [0.5, 0.6) is 5.75 Å². The molecule has 9 heteroatoms. The summed E-state index contributed by atoms with van der Waals surface area (Å²) in [5, 5.41) is 0. The van der Waals surface area contributed by atoms with Crippen molar-refractivity contribution in [3.05, 3.63) is 24.3 Å². The lowest BCUT2D eigenvalue weighted by atomic mass is 9.79. The van der Waals surface area contributed by atoms with Gasteiger partial charge in [-0.05, 0) is 51.2 Å². The average Bonchev–Trinajstić information content (AvgIpc) is 2.94. The van der Waals surface area contributed by atoms with Gasteiger partial charge in [0.25, 0.3) is 0 Å². The Bertz CT molecular complexity index is 835. The molecule has 2 aliphatic rings. The van der Waals surface area contributed by atoms with E-state index in [1.54, 1.807) is 12.1 Å². The van der Waals surface area contributed by atoms with E-state index in [4.69, 9.17) is 28.3 Å². The molecule has 1 aromatic rings. The Morgan fingerprint density at radius 1 is 0.939 bits per heavy atom. The van der Waals surface area contributed by atoms with E-state index in [2.05, 4.69) is 0 Å². The molecule has 2 aliphatic heterocycles. The predicted octanol–water partition coefficient (Wildman–Crippen LogP) is 2.86.